The number of piperazine rings is 1. The normalized spacial score (nSPS) is 16.5. The molecule has 1 saturated heterocycles. The Balaban J connectivity index is 1.23. The lowest BCUT2D eigenvalue weighted by Crippen LogP contribution is -2.47. The van der Waals surface area contributed by atoms with Gasteiger partial charge in [0.1, 0.15) is 4.21 Å². The van der Waals surface area contributed by atoms with Crippen molar-refractivity contribution in [3.05, 3.63) is 105 Å². The fraction of sp³-hybridized carbons (Fsp3) is 0.333. The number of benzene rings is 3. The summed E-state index contributed by atoms with van der Waals surface area (Å²) in [5.41, 5.74) is 3.45. The maximum Gasteiger partial charge on any atom is 0.264 e. The van der Waals surface area contributed by atoms with Crippen LogP contribution in [0.2, 0.25) is 4.34 Å². The number of nitrogens with zero attached hydrogens (tertiary/aromatic N) is 3. The number of thiophene rings is 1. The van der Waals surface area contributed by atoms with E-state index < -0.39 is 16.1 Å². The van der Waals surface area contributed by atoms with Gasteiger partial charge >= 0.3 is 0 Å². The molecule has 0 aliphatic carbocycles. The summed E-state index contributed by atoms with van der Waals surface area (Å²) >= 11 is 6.93. The van der Waals surface area contributed by atoms with Crippen molar-refractivity contribution >= 4 is 50.5 Å². The third kappa shape index (κ3) is 7.20. The SMILES string of the molecule is COc1ccc(C(CCCNS(=O)(=O)c2ccc(Cl)s2)N2C(=O)c3cccc(N4CCN([C@H](C)c5ccccc5)CC4)c3C2=O)cc1OC. The summed E-state index contributed by atoms with van der Waals surface area (Å²) in [4.78, 5) is 34.4. The predicted octanol–water partition coefficient (Wildman–Crippen LogP) is 6.40. The number of fused-ring (bicyclic) bond motifs is 1. The van der Waals surface area contributed by atoms with Gasteiger partial charge in [0.05, 0.1) is 41.4 Å². The van der Waals surface area contributed by atoms with Crippen molar-refractivity contribution in [1.29, 1.82) is 0 Å². The van der Waals surface area contributed by atoms with Gasteiger partial charge in [-0.2, -0.15) is 0 Å². The van der Waals surface area contributed by atoms with Crippen LogP contribution in [0.25, 0.3) is 0 Å². The van der Waals surface area contributed by atoms with Crippen molar-refractivity contribution < 1.29 is 27.5 Å². The van der Waals surface area contributed by atoms with Gasteiger partial charge < -0.3 is 14.4 Å². The van der Waals surface area contributed by atoms with Crippen LogP contribution in [-0.4, -0.2) is 77.0 Å². The van der Waals surface area contributed by atoms with E-state index in [1.165, 1.54) is 36.8 Å². The molecule has 258 valence electrons. The van der Waals surface area contributed by atoms with Crippen molar-refractivity contribution in [2.45, 2.75) is 36.1 Å². The van der Waals surface area contributed by atoms with Gasteiger partial charge in [0.25, 0.3) is 11.8 Å². The molecule has 0 saturated carbocycles. The molecule has 6 rings (SSSR count). The molecule has 2 amide bonds. The molecular weight excluding hydrogens is 684 g/mol. The first kappa shape index (κ1) is 34.9. The van der Waals surface area contributed by atoms with Gasteiger partial charge in [-0.3, -0.25) is 19.4 Å². The molecule has 3 aromatic carbocycles. The summed E-state index contributed by atoms with van der Waals surface area (Å²) in [7, 11) is -0.696. The number of carbonyl (C=O) groups is 2. The lowest BCUT2D eigenvalue weighted by molar-refractivity contribution is 0.0572. The van der Waals surface area contributed by atoms with E-state index in [9.17, 15) is 18.0 Å². The summed E-state index contributed by atoms with van der Waals surface area (Å²) < 4.78 is 39.8. The Kier molecular flexibility index (Phi) is 10.6. The van der Waals surface area contributed by atoms with E-state index >= 15 is 0 Å². The lowest BCUT2D eigenvalue weighted by atomic mass is 9.99. The highest BCUT2D eigenvalue weighted by Gasteiger charge is 2.43. The maximum absolute atomic E-state index is 14.4. The van der Waals surface area contributed by atoms with E-state index in [2.05, 4.69) is 45.7 Å². The Morgan fingerprint density at radius 1 is 0.857 bits per heavy atom. The number of sulfonamides is 1. The van der Waals surface area contributed by atoms with Gasteiger partial charge in [0, 0.05) is 38.8 Å². The predicted molar refractivity (Wildman–Crippen MR) is 192 cm³/mol. The van der Waals surface area contributed by atoms with Gasteiger partial charge in [0.15, 0.2) is 11.5 Å². The van der Waals surface area contributed by atoms with Crippen molar-refractivity contribution in [1.82, 2.24) is 14.5 Å². The number of imide groups is 1. The van der Waals surface area contributed by atoms with E-state index in [4.69, 9.17) is 21.1 Å². The second kappa shape index (κ2) is 14.9. The van der Waals surface area contributed by atoms with Crippen LogP contribution in [0.1, 0.15) is 63.7 Å². The first-order valence-corrected chi connectivity index (χ1v) is 18.8. The number of hydrogen-bond donors (Lipinski definition) is 1. The number of ether oxygens (including phenoxy) is 2. The fourth-order valence-corrected chi connectivity index (χ4v) is 9.25. The second-order valence-corrected chi connectivity index (χ2v) is 15.7. The molecule has 10 nitrogen and oxygen atoms in total. The topological polar surface area (TPSA) is 108 Å². The highest BCUT2D eigenvalue weighted by molar-refractivity contribution is 7.91. The number of anilines is 1. The smallest absolute Gasteiger partial charge is 0.264 e. The van der Waals surface area contributed by atoms with Crippen molar-refractivity contribution in [2.75, 3.05) is 51.8 Å². The standard InChI is InChI=1S/C36H39ClN4O6S2/c1-24(25-9-5-4-6-10-25)39-19-21-40(22-20-39)29-12-7-11-27-34(29)36(43)41(35(27)42)28(26-14-15-30(46-2)31(23-26)47-3)13-8-18-38-49(44,45)33-17-16-32(37)48-33/h4-7,9-12,14-17,23-24,28,38H,8,13,18-22H2,1-3H3/t24-,28?/m1/s1. The number of hydrogen-bond acceptors (Lipinski definition) is 9. The highest BCUT2D eigenvalue weighted by Crippen LogP contribution is 2.41. The Hall–Kier alpha value is -3.94. The molecule has 0 radical (unpaired) electrons. The molecule has 1 N–H and O–H groups in total. The van der Waals surface area contributed by atoms with Gasteiger partial charge in [-0.25, -0.2) is 13.1 Å². The zero-order chi connectivity index (χ0) is 34.7. The molecule has 2 aliphatic rings. The Morgan fingerprint density at radius 3 is 2.27 bits per heavy atom. The molecule has 13 heteroatoms. The van der Waals surface area contributed by atoms with Crippen molar-refractivity contribution in [3.8, 4) is 11.5 Å². The van der Waals surface area contributed by atoms with Crippen LogP contribution in [0.5, 0.6) is 11.5 Å². The number of methoxy groups -OCH3 is 2. The molecule has 0 spiro atoms. The largest absolute Gasteiger partial charge is 0.493 e. The zero-order valence-corrected chi connectivity index (χ0v) is 30.0. The summed E-state index contributed by atoms with van der Waals surface area (Å²) in [5, 5.41) is 0. The molecule has 1 aromatic heterocycles. The summed E-state index contributed by atoms with van der Waals surface area (Å²) in [6.45, 7) is 5.36. The summed E-state index contributed by atoms with van der Waals surface area (Å²) in [6.07, 6.45) is 0.652. The van der Waals surface area contributed by atoms with Crippen LogP contribution in [-0.2, 0) is 10.0 Å². The number of amides is 2. The van der Waals surface area contributed by atoms with Gasteiger partial charge in [-0.15, -0.1) is 11.3 Å². The third-order valence-electron chi connectivity index (χ3n) is 9.27. The molecule has 0 bridgehead atoms. The highest BCUT2D eigenvalue weighted by atomic mass is 35.5. The van der Waals surface area contributed by atoms with Crippen LogP contribution in [0.15, 0.2) is 83.1 Å². The fourth-order valence-electron chi connectivity index (χ4n) is 6.64. The van der Waals surface area contributed by atoms with E-state index in [0.717, 1.165) is 30.1 Å². The Labute approximate surface area is 296 Å². The monoisotopic (exact) mass is 722 g/mol. The number of nitrogens with one attached hydrogen (secondary N) is 1. The van der Waals surface area contributed by atoms with Crippen LogP contribution >= 0.6 is 22.9 Å². The first-order valence-electron chi connectivity index (χ1n) is 16.1. The minimum Gasteiger partial charge on any atom is -0.493 e. The minimum absolute atomic E-state index is 0.0990. The quantitative estimate of drug-likeness (QED) is 0.125. The van der Waals surface area contributed by atoms with Crippen LogP contribution in [0.4, 0.5) is 5.69 Å². The molecule has 1 unspecified atom stereocenters. The number of carbonyl (C=O) groups excluding carboxylic acids is 2. The maximum atomic E-state index is 14.4. The Morgan fingerprint density at radius 2 is 1.59 bits per heavy atom. The van der Waals surface area contributed by atoms with Crippen molar-refractivity contribution in [3.63, 3.8) is 0 Å². The molecule has 2 aliphatic heterocycles. The molecule has 2 atom stereocenters. The average molecular weight is 723 g/mol. The lowest BCUT2D eigenvalue weighted by Gasteiger charge is -2.39. The van der Waals surface area contributed by atoms with Gasteiger partial charge in [-0.05, 0) is 67.3 Å². The first-order chi connectivity index (χ1) is 23.6. The average Bonchev–Trinajstić information content (AvgIpc) is 3.69. The Bertz CT molecular complexity index is 1930. The second-order valence-electron chi connectivity index (χ2n) is 12.0. The van der Waals surface area contributed by atoms with Crippen molar-refractivity contribution in [2.24, 2.45) is 0 Å². The minimum atomic E-state index is -3.76. The molecule has 1 fully saturated rings. The van der Waals surface area contributed by atoms with Crippen LogP contribution in [0, 0.1) is 0 Å². The van der Waals surface area contributed by atoms with Crippen LogP contribution in [0.3, 0.4) is 0 Å². The zero-order valence-electron chi connectivity index (χ0n) is 27.6. The van der Waals surface area contributed by atoms with E-state index in [1.807, 2.05) is 18.2 Å². The molecule has 4 aromatic rings. The third-order valence-corrected chi connectivity index (χ3v) is 12.5. The number of halogens is 1. The molecular formula is C36H39ClN4O6S2. The van der Waals surface area contributed by atoms with E-state index in [-0.39, 0.29) is 28.6 Å². The summed E-state index contributed by atoms with van der Waals surface area (Å²) in [5.74, 6) is 0.217. The van der Waals surface area contributed by atoms with Crippen LogP contribution < -0.4 is 19.1 Å². The van der Waals surface area contributed by atoms with Gasteiger partial charge in [0.2, 0.25) is 10.0 Å². The molecule has 49 heavy (non-hydrogen) atoms. The molecule has 3 heterocycles. The van der Waals surface area contributed by atoms with Gasteiger partial charge in [-0.1, -0.05) is 54.1 Å². The van der Waals surface area contributed by atoms with E-state index in [0.29, 0.717) is 58.5 Å². The van der Waals surface area contributed by atoms with E-state index in [1.54, 1.807) is 24.3 Å². The number of rotatable bonds is 13. The summed E-state index contributed by atoms with van der Waals surface area (Å²) in [6, 6.07) is 23.7.